The SMILES string of the molecule is COc1ccc(C(=O)Nc2ccc(F)cn2)cc1. The van der Waals surface area contributed by atoms with Crippen LogP contribution in [0.3, 0.4) is 0 Å². The van der Waals surface area contributed by atoms with E-state index in [1.165, 1.54) is 12.1 Å². The van der Waals surface area contributed by atoms with Crippen LogP contribution in [0.1, 0.15) is 10.4 Å². The van der Waals surface area contributed by atoms with Gasteiger partial charge in [0.2, 0.25) is 0 Å². The van der Waals surface area contributed by atoms with Crippen LogP contribution in [0, 0.1) is 5.82 Å². The van der Waals surface area contributed by atoms with Crippen LogP contribution in [0.2, 0.25) is 0 Å². The van der Waals surface area contributed by atoms with E-state index in [9.17, 15) is 9.18 Å². The van der Waals surface area contributed by atoms with Crippen molar-refractivity contribution in [2.45, 2.75) is 0 Å². The fraction of sp³-hybridized carbons (Fsp3) is 0.0769. The summed E-state index contributed by atoms with van der Waals surface area (Å²) in [5.74, 6) is 0.220. The highest BCUT2D eigenvalue weighted by Crippen LogP contribution is 2.12. The van der Waals surface area contributed by atoms with Gasteiger partial charge in [-0.3, -0.25) is 4.79 Å². The number of hydrogen-bond donors (Lipinski definition) is 1. The number of rotatable bonds is 3. The lowest BCUT2D eigenvalue weighted by Crippen LogP contribution is -2.12. The average Bonchev–Trinajstić information content (AvgIpc) is 2.41. The first-order valence-electron chi connectivity index (χ1n) is 5.26. The molecule has 0 spiro atoms. The summed E-state index contributed by atoms with van der Waals surface area (Å²) in [6.07, 6.45) is 1.05. The topological polar surface area (TPSA) is 51.2 Å². The van der Waals surface area contributed by atoms with Gasteiger partial charge in [0, 0.05) is 5.56 Å². The maximum Gasteiger partial charge on any atom is 0.256 e. The first-order valence-corrected chi connectivity index (χ1v) is 5.26. The molecule has 0 bridgehead atoms. The lowest BCUT2D eigenvalue weighted by molar-refractivity contribution is 0.102. The minimum atomic E-state index is -0.447. The Morgan fingerprint density at radius 3 is 2.50 bits per heavy atom. The molecule has 18 heavy (non-hydrogen) atoms. The minimum absolute atomic E-state index is 0.303. The van der Waals surface area contributed by atoms with Crippen LogP contribution in [-0.2, 0) is 0 Å². The Morgan fingerprint density at radius 2 is 1.94 bits per heavy atom. The van der Waals surface area contributed by atoms with Crippen molar-refractivity contribution < 1.29 is 13.9 Å². The maximum absolute atomic E-state index is 12.6. The van der Waals surface area contributed by atoms with Crippen LogP contribution < -0.4 is 10.1 Å². The van der Waals surface area contributed by atoms with Gasteiger partial charge in [-0.1, -0.05) is 0 Å². The van der Waals surface area contributed by atoms with Crippen LogP contribution in [0.15, 0.2) is 42.6 Å². The van der Waals surface area contributed by atoms with Gasteiger partial charge in [-0.2, -0.15) is 0 Å². The number of amides is 1. The number of ether oxygens (including phenoxy) is 1. The highest BCUT2D eigenvalue weighted by atomic mass is 19.1. The molecular weight excluding hydrogens is 235 g/mol. The summed E-state index contributed by atoms with van der Waals surface area (Å²) in [5.41, 5.74) is 0.474. The van der Waals surface area contributed by atoms with Crippen molar-refractivity contribution in [2.24, 2.45) is 0 Å². The molecule has 1 amide bonds. The Kier molecular flexibility index (Phi) is 3.52. The predicted octanol–water partition coefficient (Wildman–Crippen LogP) is 2.48. The molecule has 1 heterocycles. The van der Waals surface area contributed by atoms with Crippen LogP contribution in [0.4, 0.5) is 10.2 Å². The van der Waals surface area contributed by atoms with E-state index in [1.54, 1.807) is 31.4 Å². The molecule has 0 saturated heterocycles. The van der Waals surface area contributed by atoms with Crippen molar-refractivity contribution in [2.75, 3.05) is 12.4 Å². The average molecular weight is 246 g/mol. The monoisotopic (exact) mass is 246 g/mol. The molecule has 0 unspecified atom stereocenters. The van der Waals surface area contributed by atoms with Gasteiger partial charge in [0.25, 0.3) is 5.91 Å². The van der Waals surface area contributed by atoms with Gasteiger partial charge in [-0.05, 0) is 36.4 Å². The zero-order valence-electron chi connectivity index (χ0n) is 9.68. The molecule has 5 heteroatoms. The van der Waals surface area contributed by atoms with Gasteiger partial charge in [-0.25, -0.2) is 9.37 Å². The normalized spacial score (nSPS) is 9.89. The summed E-state index contributed by atoms with van der Waals surface area (Å²) in [6.45, 7) is 0. The lowest BCUT2D eigenvalue weighted by Gasteiger charge is -2.05. The number of anilines is 1. The van der Waals surface area contributed by atoms with Crippen LogP contribution >= 0.6 is 0 Å². The number of benzene rings is 1. The molecule has 2 aromatic rings. The minimum Gasteiger partial charge on any atom is -0.497 e. The molecule has 0 fully saturated rings. The fourth-order valence-corrected chi connectivity index (χ4v) is 1.38. The second-order valence-electron chi connectivity index (χ2n) is 3.54. The zero-order valence-corrected chi connectivity index (χ0v) is 9.68. The molecule has 1 aromatic heterocycles. The molecule has 2 rings (SSSR count). The van der Waals surface area contributed by atoms with Crippen molar-refractivity contribution in [3.63, 3.8) is 0 Å². The Morgan fingerprint density at radius 1 is 1.22 bits per heavy atom. The number of nitrogens with one attached hydrogen (secondary N) is 1. The van der Waals surface area contributed by atoms with E-state index in [1.807, 2.05) is 0 Å². The van der Waals surface area contributed by atoms with Crippen molar-refractivity contribution in [1.82, 2.24) is 4.98 Å². The van der Waals surface area contributed by atoms with Crippen LogP contribution in [0.5, 0.6) is 5.75 Å². The van der Waals surface area contributed by atoms with Crippen molar-refractivity contribution in [1.29, 1.82) is 0 Å². The summed E-state index contributed by atoms with van der Waals surface area (Å²) < 4.78 is 17.6. The Bertz CT molecular complexity index is 538. The summed E-state index contributed by atoms with van der Waals surface area (Å²) in [6, 6.07) is 9.28. The molecular formula is C13H11FN2O2. The van der Waals surface area contributed by atoms with Crippen molar-refractivity contribution >= 4 is 11.7 Å². The number of hydrogen-bond acceptors (Lipinski definition) is 3. The molecule has 1 N–H and O–H groups in total. The Labute approximate surface area is 103 Å². The third kappa shape index (κ3) is 2.82. The molecule has 0 aliphatic rings. The Hall–Kier alpha value is -2.43. The summed E-state index contributed by atoms with van der Waals surface area (Å²) >= 11 is 0. The first-order chi connectivity index (χ1) is 8.69. The fourth-order valence-electron chi connectivity index (χ4n) is 1.38. The number of pyridine rings is 1. The van der Waals surface area contributed by atoms with Crippen molar-refractivity contribution in [3.8, 4) is 5.75 Å². The van der Waals surface area contributed by atoms with E-state index in [0.29, 0.717) is 17.1 Å². The van der Waals surface area contributed by atoms with Gasteiger partial charge in [0.05, 0.1) is 13.3 Å². The van der Waals surface area contributed by atoms with E-state index in [-0.39, 0.29) is 5.91 Å². The van der Waals surface area contributed by atoms with Gasteiger partial charge in [-0.15, -0.1) is 0 Å². The molecule has 92 valence electrons. The van der Waals surface area contributed by atoms with Gasteiger partial charge < -0.3 is 10.1 Å². The van der Waals surface area contributed by atoms with Crippen LogP contribution in [0.25, 0.3) is 0 Å². The largest absolute Gasteiger partial charge is 0.497 e. The quantitative estimate of drug-likeness (QED) is 0.905. The first kappa shape index (κ1) is 12.0. The third-order valence-electron chi connectivity index (χ3n) is 2.32. The molecule has 4 nitrogen and oxygen atoms in total. The number of carbonyl (C=O) groups excluding carboxylic acids is 1. The molecule has 0 aliphatic heterocycles. The number of aromatic nitrogens is 1. The molecule has 0 aliphatic carbocycles. The second-order valence-corrected chi connectivity index (χ2v) is 3.54. The third-order valence-corrected chi connectivity index (χ3v) is 2.32. The number of methoxy groups -OCH3 is 1. The summed E-state index contributed by atoms with van der Waals surface area (Å²) in [5, 5.41) is 2.57. The molecule has 0 radical (unpaired) electrons. The zero-order chi connectivity index (χ0) is 13.0. The highest BCUT2D eigenvalue weighted by Gasteiger charge is 2.06. The van der Waals surface area contributed by atoms with E-state index in [4.69, 9.17) is 4.74 Å². The van der Waals surface area contributed by atoms with E-state index >= 15 is 0 Å². The standard InChI is InChI=1S/C13H11FN2O2/c1-18-11-5-2-9(3-6-11)13(17)16-12-7-4-10(14)8-15-12/h2-8H,1H3,(H,15,16,17). The van der Waals surface area contributed by atoms with Gasteiger partial charge >= 0.3 is 0 Å². The maximum atomic E-state index is 12.6. The van der Waals surface area contributed by atoms with Crippen molar-refractivity contribution in [3.05, 3.63) is 54.0 Å². The predicted molar refractivity (Wildman–Crippen MR) is 65.1 cm³/mol. The summed E-state index contributed by atoms with van der Waals surface area (Å²) in [4.78, 5) is 15.6. The van der Waals surface area contributed by atoms with E-state index < -0.39 is 5.82 Å². The molecule has 0 saturated carbocycles. The van der Waals surface area contributed by atoms with Crippen LogP contribution in [-0.4, -0.2) is 18.0 Å². The van der Waals surface area contributed by atoms with E-state index in [2.05, 4.69) is 10.3 Å². The number of nitrogens with zero attached hydrogens (tertiary/aromatic N) is 1. The lowest BCUT2D eigenvalue weighted by atomic mass is 10.2. The number of carbonyl (C=O) groups is 1. The molecule has 0 atom stereocenters. The van der Waals surface area contributed by atoms with Gasteiger partial charge in [0.1, 0.15) is 17.4 Å². The summed E-state index contributed by atoms with van der Waals surface area (Å²) in [7, 11) is 1.55. The van der Waals surface area contributed by atoms with E-state index in [0.717, 1.165) is 6.20 Å². The smallest absolute Gasteiger partial charge is 0.256 e. The second kappa shape index (κ2) is 5.27. The molecule has 1 aromatic carbocycles. The highest BCUT2D eigenvalue weighted by molar-refractivity contribution is 6.03. The van der Waals surface area contributed by atoms with Gasteiger partial charge in [0.15, 0.2) is 0 Å². The number of halogens is 1. The Balaban J connectivity index is 2.09.